The number of likely N-dealkylation sites (tertiary alicyclic amines) is 1. The fraction of sp³-hybridized carbons (Fsp3) is 0.467. The molecule has 3 heteroatoms. The second-order valence-corrected chi connectivity index (χ2v) is 10.1. The summed E-state index contributed by atoms with van der Waals surface area (Å²) in [7, 11) is 0. The van der Waals surface area contributed by atoms with E-state index in [0.29, 0.717) is 17.4 Å². The lowest BCUT2D eigenvalue weighted by Gasteiger charge is -2.34. The van der Waals surface area contributed by atoms with E-state index in [1.165, 1.54) is 29.5 Å². The highest BCUT2D eigenvalue weighted by Crippen LogP contribution is 2.39. The summed E-state index contributed by atoms with van der Waals surface area (Å²) in [5, 5.41) is 20.7. The highest BCUT2D eigenvalue weighted by Gasteiger charge is 2.26. The van der Waals surface area contributed by atoms with Crippen LogP contribution in [0.5, 0.6) is 11.5 Å². The molecular weight excluding hydrogens is 406 g/mol. The second kappa shape index (κ2) is 11.1. The first kappa shape index (κ1) is 25.1. The third kappa shape index (κ3) is 6.29. The van der Waals surface area contributed by atoms with Crippen LogP contribution in [0.4, 0.5) is 0 Å². The highest BCUT2D eigenvalue weighted by atomic mass is 16.3. The molecule has 0 bridgehead atoms. The fourth-order valence-electron chi connectivity index (χ4n) is 5.23. The highest BCUT2D eigenvalue weighted by molar-refractivity contribution is 5.49. The zero-order valence-corrected chi connectivity index (χ0v) is 21.3. The molecule has 0 aromatic heterocycles. The summed E-state index contributed by atoms with van der Waals surface area (Å²) < 4.78 is 0. The number of piperidine rings is 1. The maximum Gasteiger partial charge on any atom is 0.121 e. The van der Waals surface area contributed by atoms with E-state index in [4.69, 9.17) is 0 Å². The summed E-state index contributed by atoms with van der Waals surface area (Å²) in [6.07, 6.45) is 9.92. The van der Waals surface area contributed by atoms with Crippen molar-refractivity contribution >= 4 is 0 Å². The summed E-state index contributed by atoms with van der Waals surface area (Å²) in [5.74, 6) is 1.71. The number of nitrogens with zero attached hydrogens (tertiary/aromatic N) is 1. The molecule has 1 aliphatic heterocycles. The van der Waals surface area contributed by atoms with Crippen molar-refractivity contribution in [1.29, 1.82) is 0 Å². The number of allylic oxidation sites excluding steroid dienone is 3. The number of aryl methyl sites for hydroxylation is 4. The largest absolute Gasteiger partial charge is 0.507 e. The summed E-state index contributed by atoms with van der Waals surface area (Å²) in [4.78, 5) is 2.57. The average molecular weight is 448 g/mol. The van der Waals surface area contributed by atoms with Crippen LogP contribution in [0.2, 0.25) is 0 Å². The molecule has 0 spiro atoms. The van der Waals surface area contributed by atoms with E-state index in [0.717, 1.165) is 48.3 Å². The molecule has 3 nitrogen and oxygen atoms in total. The van der Waals surface area contributed by atoms with Gasteiger partial charge in [-0.2, -0.15) is 0 Å². The topological polar surface area (TPSA) is 43.7 Å². The maximum absolute atomic E-state index is 10.3. The van der Waals surface area contributed by atoms with E-state index in [-0.39, 0.29) is 5.92 Å². The van der Waals surface area contributed by atoms with E-state index in [2.05, 4.69) is 61.2 Å². The third-order valence-electron chi connectivity index (χ3n) is 7.15. The van der Waals surface area contributed by atoms with Crippen LogP contribution in [0.1, 0.15) is 72.4 Å². The van der Waals surface area contributed by atoms with Crippen LogP contribution >= 0.6 is 0 Å². The Labute approximate surface area is 200 Å². The molecule has 0 saturated carbocycles. The third-order valence-corrected chi connectivity index (χ3v) is 7.15. The average Bonchev–Trinajstić information content (AvgIpc) is 2.78. The molecule has 2 N–H and O–H groups in total. The smallest absolute Gasteiger partial charge is 0.121 e. The molecule has 2 aromatic carbocycles. The Bertz CT molecular complexity index is 922. The van der Waals surface area contributed by atoms with Crippen LogP contribution in [-0.2, 0) is 0 Å². The Morgan fingerprint density at radius 2 is 1.36 bits per heavy atom. The van der Waals surface area contributed by atoms with Crippen molar-refractivity contribution < 1.29 is 10.2 Å². The number of aromatic hydroxyl groups is 2. The predicted molar refractivity (Wildman–Crippen MR) is 139 cm³/mol. The minimum Gasteiger partial charge on any atom is -0.507 e. The zero-order valence-electron chi connectivity index (χ0n) is 21.3. The van der Waals surface area contributed by atoms with E-state index < -0.39 is 0 Å². The minimum absolute atomic E-state index is 0.258. The van der Waals surface area contributed by atoms with Crippen LogP contribution < -0.4 is 0 Å². The lowest BCUT2D eigenvalue weighted by atomic mass is 9.78. The minimum atomic E-state index is 0.258. The SMILES string of the molecule is C/C=C\C=C(/C)CN1CCC(CC(c2cc(C)c(O)c(C)c2)c2cc(C)c(O)c(C)c2)CC1. The van der Waals surface area contributed by atoms with Gasteiger partial charge in [0.2, 0.25) is 0 Å². The first-order valence-electron chi connectivity index (χ1n) is 12.3. The molecule has 0 radical (unpaired) electrons. The Balaban J connectivity index is 1.82. The monoisotopic (exact) mass is 447 g/mol. The van der Waals surface area contributed by atoms with Gasteiger partial charge in [0.25, 0.3) is 0 Å². The molecule has 1 aliphatic rings. The first-order chi connectivity index (χ1) is 15.7. The standard InChI is InChI=1S/C30H41NO2/c1-7-8-9-20(2)19-31-12-10-25(11-13-31)18-28(26-14-21(3)29(32)22(4)15-26)27-16-23(5)30(33)24(6)17-27/h7-9,14-17,25,28,32-33H,10-13,18-19H2,1-6H3/b8-7-,20-9+. The predicted octanol–water partition coefficient (Wildman–Crippen LogP) is 7.09. The quantitative estimate of drug-likeness (QED) is 0.445. The van der Waals surface area contributed by atoms with Crippen LogP contribution in [0.25, 0.3) is 0 Å². The van der Waals surface area contributed by atoms with Crippen LogP contribution in [-0.4, -0.2) is 34.7 Å². The molecule has 0 aliphatic carbocycles. The van der Waals surface area contributed by atoms with Crippen molar-refractivity contribution in [2.75, 3.05) is 19.6 Å². The molecule has 0 amide bonds. The second-order valence-electron chi connectivity index (χ2n) is 10.1. The maximum atomic E-state index is 10.3. The number of hydrogen-bond donors (Lipinski definition) is 2. The molecule has 1 saturated heterocycles. The number of rotatable bonds is 7. The molecule has 1 fully saturated rings. The van der Waals surface area contributed by atoms with E-state index in [9.17, 15) is 10.2 Å². The number of phenols is 2. The summed E-state index contributed by atoms with van der Waals surface area (Å²) in [5.41, 5.74) is 7.66. The number of benzene rings is 2. The summed E-state index contributed by atoms with van der Waals surface area (Å²) in [6.45, 7) is 15.5. The van der Waals surface area contributed by atoms with Crippen LogP contribution in [0, 0.1) is 33.6 Å². The van der Waals surface area contributed by atoms with Gasteiger partial charge in [0.15, 0.2) is 0 Å². The summed E-state index contributed by atoms with van der Waals surface area (Å²) >= 11 is 0. The van der Waals surface area contributed by atoms with Gasteiger partial charge >= 0.3 is 0 Å². The molecule has 1 heterocycles. The van der Waals surface area contributed by atoms with Crippen molar-refractivity contribution in [1.82, 2.24) is 4.90 Å². The molecule has 2 aromatic rings. The zero-order chi connectivity index (χ0) is 24.1. The van der Waals surface area contributed by atoms with Gasteiger partial charge in [-0.25, -0.2) is 0 Å². The van der Waals surface area contributed by atoms with E-state index in [1.54, 1.807) is 0 Å². The fourth-order valence-corrected chi connectivity index (χ4v) is 5.23. The van der Waals surface area contributed by atoms with Gasteiger partial charge in [-0.15, -0.1) is 0 Å². The van der Waals surface area contributed by atoms with Crippen molar-refractivity contribution in [3.8, 4) is 11.5 Å². The van der Waals surface area contributed by atoms with Gasteiger partial charge in [0.1, 0.15) is 11.5 Å². The molecule has 178 valence electrons. The molecule has 3 rings (SSSR count). The molecular formula is C30H41NO2. The van der Waals surface area contributed by atoms with Crippen molar-refractivity contribution in [3.05, 3.63) is 81.4 Å². The Morgan fingerprint density at radius 3 is 1.79 bits per heavy atom. The Morgan fingerprint density at radius 1 is 0.909 bits per heavy atom. The number of phenolic OH excluding ortho intramolecular Hbond substituents is 2. The van der Waals surface area contributed by atoms with Crippen LogP contribution in [0.3, 0.4) is 0 Å². The van der Waals surface area contributed by atoms with Gasteiger partial charge in [0, 0.05) is 12.5 Å². The van der Waals surface area contributed by atoms with Gasteiger partial charge in [0.05, 0.1) is 0 Å². The molecule has 33 heavy (non-hydrogen) atoms. The van der Waals surface area contributed by atoms with Crippen molar-refractivity contribution in [3.63, 3.8) is 0 Å². The van der Waals surface area contributed by atoms with E-state index >= 15 is 0 Å². The number of hydrogen-bond acceptors (Lipinski definition) is 3. The van der Waals surface area contributed by atoms with Gasteiger partial charge in [-0.1, -0.05) is 48.1 Å². The Hall–Kier alpha value is -2.52. The van der Waals surface area contributed by atoms with Crippen LogP contribution in [0.15, 0.2) is 48.1 Å². The van der Waals surface area contributed by atoms with E-state index in [1.807, 2.05) is 27.7 Å². The van der Waals surface area contributed by atoms with Gasteiger partial charge in [-0.3, -0.25) is 4.90 Å². The molecule has 0 atom stereocenters. The lowest BCUT2D eigenvalue weighted by molar-refractivity contribution is 0.188. The normalized spacial score (nSPS) is 16.3. The Kier molecular flexibility index (Phi) is 8.42. The van der Waals surface area contributed by atoms with Gasteiger partial charge in [-0.05, 0) is 113 Å². The first-order valence-corrected chi connectivity index (χ1v) is 12.3. The lowest BCUT2D eigenvalue weighted by Crippen LogP contribution is -2.35. The summed E-state index contributed by atoms with van der Waals surface area (Å²) in [6, 6.07) is 8.59. The van der Waals surface area contributed by atoms with Gasteiger partial charge < -0.3 is 10.2 Å². The van der Waals surface area contributed by atoms with Crippen molar-refractivity contribution in [2.24, 2.45) is 5.92 Å². The molecule has 0 unspecified atom stereocenters. The van der Waals surface area contributed by atoms with Crippen molar-refractivity contribution in [2.45, 2.75) is 66.7 Å².